The molecule has 2 aromatic rings. The van der Waals surface area contributed by atoms with Gasteiger partial charge in [-0.3, -0.25) is 14.7 Å². The van der Waals surface area contributed by atoms with Crippen LogP contribution in [0.2, 0.25) is 0 Å². The lowest BCUT2D eigenvalue weighted by Gasteiger charge is -2.34. The van der Waals surface area contributed by atoms with Crippen molar-refractivity contribution < 1.29 is 14.0 Å². The molecule has 7 nitrogen and oxygen atoms in total. The lowest BCUT2D eigenvalue weighted by Crippen LogP contribution is -2.50. The summed E-state index contributed by atoms with van der Waals surface area (Å²) in [6.45, 7) is 3.98. The zero-order chi connectivity index (χ0) is 16.7. The fraction of sp³-hybridized carbons (Fsp3) is 0.471. The molecule has 0 spiro atoms. The number of nitrogens with zero attached hydrogens (tertiary/aromatic N) is 3. The van der Waals surface area contributed by atoms with Crippen molar-refractivity contribution in [3.63, 3.8) is 0 Å². The highest BCUT2D eigenvalue weighted by molar-refractivity contribution is 5.97. The Kier molecular flexibility index (Phi) is 3.63. The maximum Gasteiger partial charge on any atom is 0.289 e. The predicted molar refractivity (Wildman–Crippen MR) is 85.8 cm³/mol. The average molecular weight is 328 g/mol. The number of hydrogen-bond acceptors (Lipinski definition) is 4. The molecule has 1 N–H and O–H groups in total. The summed E-state index contributed by atoms with van der Waals surface area (Å²) in [6, 6.07) is 3.37. The average Bonchev–Trinajstić information content (AvgIpc) is 3.15. The van der Waals surface area contributed by atoms with Gasteiger partial charge in [0.15, 0.2) is 5.76 Å². The summed E-state index contributed by atoms with van der Waals surface area (Å²) in [7, 11) is 0. The van der Waals surface area contributed by atoms with E-state index < -0.39 is 0 Å². The first kappa shape index (κ1) is 15.0. The first-order chi connectivity index (χ1) is 11.6. The number of amides is 2. The van der Waals surface area contributed by atoms with Gasteiger partial charge in [0.2, 0.25) is 0 Å². The second-order valence-electron chi connectivity index (χ2n) is 6.44. The van der Waals surface area contributed by atoms with Gasteiger partial charge in [-0.1, -0.05) is 0 Å². The molecule has 0 radical (unpaired) electrons. The van der Waals surface area contributed by atoms with Crippen molar-refractivity contribution in [3.8, 4) is 0 Å². The Morgan fingerprint density at radius 3 is 2.42 bits per heavy atom. The van der Waals surface area contributed by atoms with Gasteiger partial charge in [0.25, 0.3) is 11.8 Å². The van der Waals surface area contributed by atoms with Gasteiger partial charge < -0.3 is 14.2 Å². The molecule has 7 heteroatoms. The topological polar surface area (TPSA) is 82.4 Å². The lowest BCUT2D eigenvalue weighted by atomic mass is 10.1. The fourth-order valence-electron chi connectivity index (χ4n) is 3.20. The Balaban J connectivity index is 1.43. The van der Waals surface area contributed by atoms with Crippen molar-refractivity contribution in [2.75, 3.05) is 26.2 Å². The van der Waals surface area contributed by atoms with E-state index >= 15 is 0 Å². The van der Waals surface area contributed by atoms with E-state index in [1.807, 2.05) is 11.8 Å². The number of H-pyrrole nitrogens is 1. The third kappa shape index (κ3) is 2.60. The number of carbonyl (C=O) groups excluding carboxylic acids is 2. The maximum absolute atomic E-state index is 12.9. The molecule has 0 aromatic carbocycles. The number of aromatic amines is 1. The van der Waals surface area contributed by atoms with Crippen LogP contribution in [0, 0.1) is 6.92 Å². The number of hydrogen-bond donors (Lipinski definition) is 1. The van der Waals surface area contributed by atoms with E-state index in [1.165, 1.54) is 6.26 Å². The number of carbonyl (C=O) groups is 2. The standard InChI is InChI=1S/C17H20N4O3/c1-11-14(15(19-18-11)12-4-5-12)17(23)21-8-6-20(7-9-21)16(22)13-3-2-10-24-13/h2-3,10,12H,4-9H2,1H3,(H,18,19). The summed E-state index contributed by atoms with van der Waals surface area (Å²) in [4.78, 5) is 28.7. The Labute approximate surface area is 139 Å². The van der Waals surface area contributed by atoms with E-state index in [0.29, 0.717) is 37.9 Å². The fourth-order valence-corrected chi connectivity index (χ4v) is 3.20. The molecule has 2 amide bonds. The molecule has 2 aliphatic rings. The molecule has 1 saturated carbocycles. The first-order valence-electron chi connectivity index (χ1n) is 8.32. The Hall–Kier alpha value is -2.57. The maximum atomic E-state index is 12.9. The van der Waals surface area contributed by atoms with Gasteiger partial charge in [-0.2, -0.15) is 5.10 Å². The van der Waals surface area contributed by atoms with Crippen LogP contribution in [0.15, 0.2) is 22.8 Å². The number of aromatic nitrogens is 2. The zero-order valence-corrected chi connectivity index (χ0v) is 13.6. The number of aryl methyl sites for hydroxylation is 1. The van der Waals surface area contributed by atoms with Crippen LogP contribution in [-0.4, -0.2) is 58.0 Å². The minimum atomic E-state index is -0.120. The highest BCUT2D eigenvalue weighted by Gasteiger charge is 2.34. The molecule has 0 bridgehead atoms. The summed E-state index contributed by atoms with van der Waals surface area (Å²) < 4.78 is 5.16. The number of furan rings is 1. The predicted octanol–water partition coefficient (Wildman–Crippen LogP) is 1.79. The monoisotopic (exact) mass is 328 g/mol. The van der Waals surface area contributed by atoms with Crippen LogP contribution in [-0.2, 0) is 0 Å². The Bertz CT molecular complexity index is 753. The van der Waals surface area contributed by atoms with E-state index in [4.69, 9.17) is 4.42 Å². The van der Waals surface area contributed by atoms with Crippen molar-refractivity contribution in [1.29, 1.82) is 0 Å². The minimum absolute atomic E-state index is 0.0215. The van der Waals surface area contributed by atoms with E-state index in [2.05, 4.69) is 10.2 Å². The van der Waals surface area contributed by atoms with E-state index in [0.717, 1.165) is 29.8 Å². The SMILES string of the molecule is Cc1[nH]nc(C2CC2)c1C(=O)N1CCN(C(=O)c2ccco2)CC1. The summed E-state index contributed by atoms with van der Waals surface area (Å²) in [5, 5.41) is 7.27. The van der Waals surface area contributed by atoms with E-state index in [-0.39, 0.29) is 11.8 Å². The van der Waals surface area contributed by atoms with Crippen LogP contribution in [0.3, 0.4) is 0 Å². The third-order valence-corrected chi connectivity index (χ3v) is 4.74. The lowest BCUT2D eigenvalue weighted by molar-refractivity contribution is 0.0517. The van der Waals surface area contributed by atoms with Crippen molar-refractivity contribution >= 4 is 11.8 Å². The second-order valence-corrected chi connectivity index (χ2v) is 6.44. The molecule has 126 valence electrons. The van der Waals surface area contributed by atoms with Crippen LogP contribution in [0.25, 0.3) is 0 Å². The van der Waals surface area contributed by atoms with E-state index in [9.17, 15) is 9.59 Å². The zero-order valence-electron chi connectivity index (χ0n) is 13.6. The van der Waals surface area contributed by atoms with Crippen molar-refractivity contribution in [2.24, 2.45) is 0 Å². The summed E-state index contributed by atoms with van der Waals surface area (Å²) >= 11 is 0. The van der Waals surface area contributed by atoms with Crippen molar-refractivity contribution in [3.05, 3.63) is 41.1 Å². The van der Waals surface area contributed by atoms with Gasteiger partial charge in [-0.25, -0.2) is 0 Å². The molecule has 1 saturated heterocycles. The van der Waals surface area contributed by atoms with Crippen LogP contribution in [0.4, 0.5) is 0 Å². The van der Waals surface area contributed by atoms with E-state index in [1.54, 1.807) is 17.0 Å². The van der Waals surface area contributed by atoms with Gasteiger partial charge in [-0.15, -0.1) is 0 Å². The molecule has 1 aliphatic heterocycles. The number of nitrogens with one attached hydrogen (secondary N) is 1. The molecule has 0 unspecified atom stereocenters. The van der Waals surface area contributed by atoms with Crippen LogP contribution in [0.1, 0.15) is 51.1 Å². The highest BCUT2D eigenvalue weighted by Crippen LogP contribution is 2.41. The minimum Gasteiger partial charge on any atom is -0.459 e. The Morgan fingerprint density at radius 1 is 1.17 bits per heavy atom. The number of piperazine rings is 1. The molecule has 2 aromatic heterocycles. The van der Waals surface area contributed by atoms with Crippen LogP contribution >= 0.6 is 0 Å². The Morgan fingerprint density at radius 2 is 1.83 bits per heavy atom. The molecule has 0 atom stereocenters. The van der Waals surface area contributed by atoms with Gasteiger partial charge in [0.05, 0.1) is 17.5 Å². The van der Waals surface area contributed by atoms with Gasteiger partial charge in [0.1, 0.15) is 0 Å². The number of rotatable bonds is 3. The molecule has 2 fully saturated rings. The molecular formula is C17H20N4O3. The molecular weight excluding hydrogens is 308 g/mol. The molecule has 4 rings (SSSR count). The summed E-state index contributed by atoms with van der Waals surface area (Å²) in [5.41, 5.74) is 2.46. The van der Waals surface area contributed by atoms with Crippen molar-refractivity contribution in [2.45, 2.75) is 25.7 Å². The molecule has 3 heterocycles. The largest absolute Gasteiger partial charge is 0.459 e. The normalized spacial score (nSPS) is 18.0. The van der Waals surface area contributed by atoms with Gasteiger partial charge in [-0.05, 0) is 31.9 Å². The van der Waals surface area contributed by atoms with Crippen LogP contribution < -0.4 is 0 Å². The second kappa shape index (κ2) is 5.81. The summed E-state index contributed by atoms with van der Waals surface area (Å²) in [6.07, 6.45) is 3.71. The smallest absolute Gasteiger partial charge is 0.289 e. The van der Waals surface area contributed by atoms with Gasteiger partial charge >= 0.3 is 0 Å². The molecule has 24 heavy (non-hydrogen) atoms. The quantitative estimate of drug-likeness (QED) is 0.931. The van der Waals surface area contributed by atoms with Crippen molar-refractivity contribution in [1.82, 2.24) is 20.0 Å². The van der Waals surface area contributed by atoms with Crippen LogP contribution in [0.5, 0.6) is 0 Å². The first-order valence-corrected chi connectivity index (χ1v) is 8.32. The summed E-state index contributed by atoms with van der Waals surface area (Å²) in [5.74, 6) is 0.672. The third-order valence-electron chi connectivity index (χ3n) is 4.74. The van der Waals surface area contributed by atoms with Gasteiger partial charge in [0, 0.05) is 37.8 Å². The highest BCUT2D eigenvalue weighted by atomic mass is 16.3. The molecule has 1 aliphatic carbocycles.